The van der Waals surface area contributed by atoms with Crippen LogP contribution in [0.2, 0.25) is 0 Å². The van der Waals surface area contributed by atoms with E-state index in [0.717, 1.165) is 18.6 Å². The Hall–Kier alpha value is -2.58. The highest BCUT2D eigenvalue weighted by molar-refractivity contribution is 5.79. The van der Waals surface area contributed by atoms with Crippen LogP contribution in [-0.4, -0.2) is 35.3 Å². The molecule has 9 heteroatoms. The second-order valence-electron chi connectivity index (χ2n) is 4.76. The quantitative estimate of drug-likeness (QED) is 0.440. The Balaban J connectivity index is 2.37. The van der Waals surface area contributed by atoms with Crippen LogP contribution < -0.4 is 16.0 Å². The van der Waals surface area contributed by atoms with Crippen molar-refractivity contribution in [3.05, 3.63) is 28.1 Å². The molecular weight excluding hydrogens is 283 g/mol. The lowest BCUT2D eigenvalue weighted by Crippen LogP contribution is -2.40. The zero-order valence-corrected chi connectivity index (χ0v) is 11.1. The Morgan fingerprint density at radius 1 is 1.62 bits per heavy atom. The van der Waals surface area contributed by atoms with Crippen molar-refractivity contribution in [2.45, 2.75) is 18.9 Å². The van der Waals surface area contributed by atoms with Gasteiger partial charge >= 0.3 is 6.09 Å². The normalized spacial score (nSPS) is 17.8. The molecule has 1 atom stereocenters. The maximum atomic E-state index is 13.6. The molecule has 1 saturated heterocycles. The van der Waals surface area contributed by atoms with Gasteiger partial charge in [0.1, 0.15) is 11.5 Å². The number of carboxylic acid groups (broad SMARTS) is 1. The summed E-state index contributed by atoms with van der Waals surface area (Å²) in [5.41, 5.74) is 5.12. The van der Waals surface area contributed by atoms with Crippen LogP contribution in [0.1, 0.15) is 12.8 Å². The number of nitrogen functional groups attached to an aromatic ring is 1. The van der Waals surface area contributed by atoms with Crippen molar-refractivity contribution in [1.29, 1.82) is 0 Å². The van der Waals surface area contributed by atoms with E-state index in [1.165, 1.54) is 0 Å². The van der Waals surface area contributed by atoms with Crippen molar-refractivity contribution in [3.63, 3.8) is 0 Å². The first kappa shape index (κ1) is 14.8. The molecule has 21 heavy (non-hydrogen) atoms. The molecule has 0 saturated carbocycles. The molecule has 1 aliphatic rings. The minimum atomic E-state index is -1.18. The first-order valence-corrected chi connectivity index (χ1v) is 6.37. The number of benzene rings is 1. The highest BCUT2D eigenvalue weighted by Crippen LogP contribution is 2.39. The number of nitrogens with zero attached hydrogens (tertiary/aromatic N) is 2. The van der Waals surface area contributed by atoms with Crippen LogP contribution in [-0.2, 0) is 0 Å². The summed E-state index contributed by atoms with van der Waals surface area (Å²) in [4.78, 5) is 22.7. The smallest absolute Gasteiger partial charge is 0.404 e. The Kier molecular flexibility index (Phi) is 4.10. The largest absolute Gasteiger partial charge is 0.465 e. The molecule has 4 N–H and O–H groups in total. The van der Waals surface area contributed by atoms with E-state index in [0.29, 0.717) is 13.0 Å². The van der Waals surface area contributed by atoms with Gasteiger partial charge in [-0.2, -0.15) is 0 Å². The SMILES string of the molecule is Nc1c(F)ccc([N+](=O)[O-])c1N1CCC[C@H]1CNC(=O)O. The highest BCUT2D eigenvalue weighted by atomic mass is 19.1. The molecule has 114 valence electrons. The van der Waals surface area contributed by atoms with E-state index in [9.17, 15) is 19.3 Å². The Morgan fingerprint density at radius 3 is 2.95 bits per heavy atom. The molecule has 1 aliphatic heterocycles. The molecule has 0 bridgehead atoms. The first-order valence-electron chi connectivity index (χ1n) is 6.37. The van der Waals surface area contributed by atoms with Gasteiger partial charge in [0, 0.05) is 25.2 Å². The fraction of sp³-hybridized carbons (Fsp3) is 0.417. The standard InChI is InChI=1S/C12H15FN4O4/c13-8-3-4-9(17(20)21)11(10(8)14)16-5-1-2-7(16)6-15-12(18)19/h3-4,7,15H,1-2,5-6,14H2,(H,18,19)/t7-/m0/s1. The third kappa shape index (κ3) is 2.96. The van der Waals surface area contributed by atoms with Gasteiger partial charge in [-0.15, -0.1) is 0 Å². The van der Waals surface area contributed by atoms with Gasteiger partial charge in [-0.3, -0.25) is 10.1 Å². The topological polar surface area (TPSA) is 122 Å². The average molecular weight is 298 g/mol. The average Bonchev–Trinajstić information content (AvgIpc) is 2.87. The zero-order chi connectivity index (χ0) is 15.6. The fourth-order valence-corrected chi connectivity index (χ4v) is 2.57. The molecule has 2 rings (SSSR count). The number of nitro benzene ring substituents is 1. The second kappa shape index (κ2) is 5.81. The summed E-state index contributed by atoms with van der Waals surface area (Å²) in [6.07, 6.45) is 0.190. The molecule has 1 aromatic rings. The van der Waals surface area contributed by atoms with Gasteiger partial charge in [0.15, 0.2) is 0 Å². The summed E-state index contributed by atoms with van der Waals surface area (Å²) < 4.78 is 13.6. The van der Waals surface area contributed by atoms with E-state index < -0.39 is 16.8 Å². The fourth-order valence-electron chi connectivity index (χ4n) is 2.57. The highest BCUT2D eigenvalue weighted by Gasteiger charge is 2.32. The predicted molar refractivity (Wildman–Crippen MR) is 73.9 cm³/mol. The summed E-state index contributed by atoms with van der Waals surface area (Å²) >= 11 is 0. The second-order valence-corrected chi connectivity index (χ2v) is 4.76. The van der Waals surface area contributed by atoms with Crippen LogP contribution in [0.25, 0.3) is 0 Å². The summed E-state index contributed by atoms with van der Waals surface area (Å²) in [5, 5.41) is 22.0. The van der Waals surface area contributed by atoms with Gasteiger partial charge in [-0.05, 0) is 18.9 Å². The molecule has 8 nitrogen and oxygen atoms in total. The number of anilines is 2. The van der Waals surface area contributed by atoms with E-state index in [1.54, 1.807) is 4.90 Å². The van der Waals surface area contributed by atoms with Crippen LogP contribution >= 0.6 is 0 Å². The lowest BCUT2D eigenvalue weighted by atomic mass is 10.1. The van der Waals surface area contributed by atoms with Crippen LogP contribution in [0.3, 0.4) is 0 Å². The van der Waals surface area contributed by atoms with Gasteiger partial charge in [0.05, 0.1) is 10.6 Å². The number of hydrogen-bond donors (Lipinski definition) is 3. The number of halogens is 1. The van der Waals surface area contributed by atoms with Crippen molar-refractivity contribution in [1.82, 2.24) is 5.32 Å². The Labute approximate surface area is 119 Å². The van der Waals surface area contributed by atoms with Gasteiger partial charge in [0.25, 0.3) is 5.69 Å². The zero-order valence-electron chi connectivity index (χ0n) is 11.1. The summed E-state index contributed by atoms with van der Waals surface area (Å²) in [6, 6.07) is 1.74. The van der Waals surface area contributed by atoms with Gasteiger partial charge in [-0.25, -0.2) is 9.18 Å². The summed E-state index contributed by atoms with van der Waals surface area (Å²) in [6.45, 7) is 0.558. The maximum absolute atomic E-state index is 13.6. The van der Waals surface area contributed by atoms with E-state index in [2.05, 4.69) is 5.32 Å². The van der Waals surface area contributed by atoms with E-state index in [1.807, 2.05) is 0 Å². The van der Waals surface area contributed by atoms with Crippen LogP contribution in [0.15, 0.2) is 12.1 Å². The molecule has 0 aliphatic carbocycles. The van der Waals surface area contributed by atoms with Crippen molar-refractivity contribution in [3.8, 4) is 0 Å². The molecule has 0 unspecified atom stereocenters. The third-order valence-corrected chi connectivity index (χ3v) is 3.49. The Morgan fingerprint density at radius 2 is 2.33 bits per heavy atom. The monoisotopic (exact) mass is 298 g/mol. The third-order valence-electron chi connectivity index (χ3n) is 3.49. The summed E-state index contributed by atoms with van der Waals surface area (Å²) in [5.74, 6) is -0.729. The molecule has 1 heterocycles. The van der Waals surface area contributed by atoms with Crippen LogP contribution in [0.5, 0.6) is 0 Å². The van der Waals surface area contributed by atoms with Crippen molar-refractivity contribution in [2.75, 3.05) is 23.7 Å². The van der Waals surface area contributed by atoms with Crippen LogP contribution in [0, 0.1) is 15.9 Å². The number of amides is 1. The Bertz CT molecular complexity index is 581. The minimum absolute atomic E-state index is 0.0229. The molecule has 0 aromatic heterocycles. The molecule has 1 amide bonds. The van der Waals surface area contributed by atoms with Crippen molar-refractivity contribution in [2.24, 2.45) is 0 Å². The molecule has 1 fully saturated rings. The predicted octanol–water partition coefficient (Wildman–Crippen LogP) is 1.55. The number of rotatable bonds is 4. The first-order chi connectivity index (χ1) is 9.91. The van der Waals surface area contributed by atoms with E-state index in [4.69, 9.17) is 10.8 Å². The van der Waals surface area contributed by atoms with E-state index in [-0.39, 0.29) is 29.6 Å². The number of nitrogens with one attached hydrogen (secondary N) is 1. The van der Waals surface area contributed by atoms with Crippen molar-refractivity contribution >= 4 is 23.2 Å². The summed E-state index contributed by atoms with van der Waals surface area (Å²) in [7, 11) is 0. The number of nitro groups is 1. The number of carbonyl (C=O) groups is 1. The molecule has 0 radical (unpaired) electrons. The lowest BCUT2D eigenvalue weighted by Gasteiger charge is -2.27. The molecule has 0 spiro atoms. The lowest BCUT2D eigenvalue weighted by molar-refractivity contribution is -0.384. The van der Waals surface area contributed by atoms with Gasteiger partial charge < -0.3 is 21.1 Å². The minimum Gasteiger partial charge on any atom is -0.465 e. The van der Waals surface area contributed by atoms with Gasteiger partial charge in [-0.1, -0.05) is 0 Å². The number of hydrogen-bond acceptors (Lipinski definition) is 5. The van der Waals surface area contributed by atoms with Crippen LogP contribution in [0.4, 0.5) is 26.2 Å². The van der Waals surface area contributed by atoms with Gasteiger partial charge in [0.2, 0.25) is 0 Å². The van der Waals surface area contributed by atoms with E-state index >= 15 is 0 Å². The molecule has 1 aromatic carbocycles. The van der Waals surface area contributed by atoms with Crippen molar-refractivity contribution < 1.29 is 19.2 Å². The maximum Gasteiger partial charge on any atom is 0.404 e. The molecular formula is C12H15FN4O4. The number of nitrogens with two attached hydrogens (primary N) is 1.